The molecule has 0 spiro atoms. The van der Waals surface area contributed by atoms with Gasteiger partial charge in [0.05, 0.1) is 17.4 Å². The number of rotatable bonds is 5. The van der Waals surface area contributed by atoms with Gasteiger partial charge in [-0.1, -0.05) is 30.3 Å². The summed E-state index contributed by atoms with van der Waals surface area (Å²) in [6.07, 6.45) is 0.0417. The number of aliphatic carboxylic acids is 1. The normalized spacial score (nSPS) is 27.0. The summed E-state index contributed by atoms with van der Waals surface area (Å²) in [7, 11) is 0. The van der Waals surface area contributed by atoms with Crippen LogP contribution >= 0.6 is 23.4 Å². The second-order valence-corrected chi connectivity index (χ2v) is 9.00. The van der Waals surface area contributed by atoms with Crippen LogP contribution in [0.15, 0.2) is 30.3 Å². The van der Waals surface area contributed by atoms with Gasteiger partial charge in [-0.05, 0) is 19.4 Å². The molecular formula is C17H18ClN2NaO4S. The van der Waals surface area contributed by atoms with Gasteiger partial charge in [0, 0.05) is 11.2 Å². The molecule has 26 heavy (non-hydrogen) atoms. The maximum Gasteiger partial charge on any atom is 1.00 e. The van der Waals surface area contributed by atoms with Crippen molar-refractivity contribution in [2.75, 3.05) is 0 Å². The topological polar surface area (TPSA) is 89.5 Å². The second-order valence-electron chi connectivity index (χ2n) is 6.71. The Hall–Kier alpha value is -0.730. The minimum absolute atomic E-state index is 0. The van der Waals surface area contributed by atoms with Gasteiger partial charge in [-0.25, -0.2) is 0 Å². The summed E-state index contributed by atoms with van der Waals surface area (Å²) < 4.78 is -0.669. The number of halogens is 1. The summed E-state index contributed by atoms with van der Waals surface area (Å²) in [6, 6.07) is 7.50. The molecule has 2 fully saturated rings. The third-order valence-corrected chi connectivity index (χ3v) is 6.48. The van der Waals surface area contributed by atoms with Crippen LogP contribution in [0.1, 0.15) is 31.2 Å². The van der Waals surface area contributed by atoms with Crippen LogP contribution in [0.4, 0.5) is 0 Å². The Morgan fingerprint density at radius 1 is 1.35 bits per heavy atom. The van der Waals surface area contributed by atoms with E-state index in [-0.39, 0.29) is 47.3 Å². The van der Waals surface area contributed by atoms with E-state index in [2.05, 4.69) is 5.32 Å². The molecule has 2 aliphatic rings. The first kappa shape index (κ1) is 21.6. The summed E-state index contributed by atoms with van der Waals surface area (Å²) in [5.74, 6) is -2.00. The molecule has 1 aromatic rings. The van der Waals surface area contributed by atoms with Gasteiger partial charge in [0.15, 0.2) is 0 Å². The molecule has 0 bridgehead atoms. The average molecular weight is 405 g/mol. The van der Waals surface area contributed by atoms with Crippen LogP contribution in [-0.4, -0.2) is 44.9 Å². The summed E-state index contributed by atoms with van der Waals surface area (Å²) >= 11 is 7.62. The van der Waals surface area contributed by atoms with Gasteiger partial charge >= 0.3 is 29.6 Å². The zero-order valence-corrected chi connectivity index (χ0v) is 18.3. The number of hydrogen-bond donors (Lipinski definition) is 1. The molecule has 6 nitrogen and oxygen atoms in total. The third-order valence-electron chi connectivity index (χ3n) is 4.51. The zero-order chi connectivity index (χ0) is 18.4. The number of benzene rings is 1. The van der Waals surface area contributed by atoms with Crippen LogP contribution in [0.5, 0.6) is 0 Å². The molecule has 1 unspecified atom stereocenters. The predicted molar refractivity (Wildman–Crippen MR) is 92.7 cm³/mol. The minimum Gasteiger partial charge on any atom is -0.548 e. The van der Waals surface area contributed by atoms with Crippen molar-refractivity contribution in [1.82, 2.24) is 10.2 Å². The van der Waals surface area contributed by atoms with Crippen molar-refractivity contribution in [3.63, 3.8) is 0 Å². The predicted octanol–water partition coefficient (Wildman–Crippen LogP) is -2.34. The van der Waals surface area contributed by atoms with E-state index in [0.29, 0.717) is 0 Å². The number of nitrogens with one attached hydrogen (secondary N) is 1. The Morgan fingerprint density at radius 2 is 1.96 bits per heavy atom. The fourth-order valence-corrected chi connectivity index (χ4v) is 5.21. The van der Waals surface area contributed by atoms with Crippen molar-refractivity contribution >= 4 is 41.1 Å². The Bertz CT molecular complexity index is 718. The van der Waals surface area contributed by atoms with Crippen LogP contribution in [0.25, 0.3) is 0 Å². The molecule has 3 rings (SSSR count). The fourth-order valence-electron chi connectivity index (χ4n) is 3.30. The molecule has 2 saturated heterocycles. The van der Waals surface area contributed by atoms with Crippen molar-refractivity contribution < 1.29 is 49.0 Å². The number of fused-ring (bicyclic) bond motifs is 1. The van der Waals surface area contributed by atoms with E-state index < -0.39 is 34.1 Å². The molecule has 2 heterocycles. The quantitative estimate of drug-likeness (QED) is 0.337. The molecule has 1 N–H and O–H groups in total. The molecule has 2 aliphatic heterocycles. The summed E-state index contributed by atoms with van der Waals surface area (Å²) in [5.41, 5.74) is 0.828. The number of amides is 2. The standard InChI is InChI=1S/C17H19ClN2O4S.Na/c1-17(2)13(16(23)24)20-14(22)12(15(20)25-17)19-11(21)8-10(18)9-6-4-3-5-7-9;/h3-7,10,12-13,15H,8H2,1-2H3,(H,19,21)(H,23,24);/q;+1/p-1/t10?,12-,13+,15-;/m1./s1. The first-order valence-corrected chi connectivity index (χ1v) is 9.23. The van der Waals surface area contributed by atoms with Crippen molar-refractivity contribution in [3.05, 3.63) is 35.9 Å². The van der Waals surface area contributed by atoms with Gasteiger partial charge in [-0.15, -0.1) is 23.4 Å². The van der Waals surface area contributed by atoms with Gasteiger partial charge in [0.1, 0.15) is 11.4 Å². The van der Waals surface area contributed by atoms with Crippen molar-refractivity contribution in [3.8, 4) is 0 Å². The number of alkyl halides is 1. The number of nitrogens with zero attached hydrogens (tertiary/aromatic N) is 1. The first-order chi connectivity index (χ1) is 11.7. The maximum atomic E-state index is 12.3. The molecule has 9 heteroatoms. The number of carboxylic acids is 1. The maximum absolute atomic E-state index is 12.3. The Balaban J connectivity index is 0.00000243. The van der Waals surface area contributed by atoms with E-state index in [4.69, 9.17) is 11.6 Å². The van der Waals surface area contributed by atoms with E-state index in [1.165, 1.54) is 16.7 Å². The van der Waals surface area contributed by atoms with Crippen molar-refractivity contribution in [2.45, 2.75) is 47.8 Å². The summed E-state index contributed by atoms with van der Waals surface area (Å²) in [5, 5.41) is 13.2. The van der Waals surface area contributed by atoms with Crippen molar-refractivity contribution in [1.29, 1.82) is 0 Å². The Kier molecular flexibility index (Phi) is 6.72. The van der Waals surface area contributed by atoms with Gasteiger partial charge < -0.3 is 20.1 Å². The van der Waals surface area contributed by atoms with Crippen LogP contribution < -0.4 is 40.0 Å². The molecule has 134 valence electrons. The number of carbonyl (C=O) groups is 3. The largest absolute Gasteiger partial charge is 1.00 e. The van der Waals surface area contributed by atoms with Crippen LogP contribution in [0.2, 0.25) is 0 Å². The summed E-state index contributed by atoms with van der Waals surface area (Å²) in [4.78, 5) is 37.2. The van der Waals surface area contributed by atoms with E-state index in [1.807, 2.05) is 30.3 Å². The third kappa shape index (κ3) is 3.92. The molecule has 0 radical (unpaired) electrons. The van der Waals surface area contributed by atoms with Crippen LogP contribution in [-0.2, 0) is 14.4 Å². The molecule has 1 aromatic carbocycles. The first-order valence-electron chi connectivity index (χ1n) is 7.91. The SMILES string of the molecule is CC1(C)S[C@@H]2[C@H](NC(=O)CC(Cl)c3ccccc3)C(=O)N2[C@H]1C(=O)[O-].[Na+]. The second kappa shape index (κ2) is 8.10. The molecule has 0 saturated carbocycles. The molecule has 4 atom stereocenters. The number of thioether (sulfide) groups is 1. The minimum atomic E-state index is -1.27. The number of β-lactam (4-membered cyclic amide) rings is 1. The van der Waals surface area contributed by atoms with Crippen LogP contribution in [0.3, 0.4) is 0 Å². The number of carbonyl (C=O) groups excluding carboxylic acids is 3. The number of hydrogen-bond acceptors (Lipinski definition) is 5. The Morgan fingerprint density at radius 3 is 2.54 bits per heavy atom. The molecular weight excluding hydrogens is 387 g/mol. The van der Waals surface area contributed by atoms with Crippen molar-refractivity contribution in [2.24, 2.45) is 0 Å². The van der Waals surface area contributed by atoms with Gasteiger partial charge in [0.2, 0.25) is 11.8 Å². The molecule has 0 aromatic heterocycles. The molecule has 0 aliphatic carbocycles. The molecule has 2 amide bonds. The van der Waals surface area contributed by atoms with E-state index in [0.717, 1.165) is 5.56 Å². The van der Waals surface area contributed by atoms with Gasteiger partial charge in [-0.2, -0.15) is 0 Å². The van der Waals surface area contributed by atoms with Gasteiger partial charge in [0.25, 0.3) is 0 Å². The average Bonchev–Trinajstić information content (AvgIpc) is 2.81. The number of carboxylic acid groups (broad SMARTS) is 1. The van der Waals surface area contributed by atoms with Gasteiger partial charge in [-0.3, -0.25) is 9.59 Å². The van der Waals surface area contributed by atoms with E-state index >= 15 is 0 Å². The smallest absolute Gasteiger partial charge is 0.548 e. The zero-order valence-electron chi connectivity index (χ0n) is 14.8. The van der Waals surface area contributed by atoms with E-state index in [1.54, 1.807) is 13.8 Å². The van der Waals surface area contributed by atoms with E-state index in [9.17, 15) is 19.5 Å². The monoisotopic (exact) mass is 404 g/mol. The van der Waals surface area contributed by atoms with Crippen LogP contribution in [0, 0.1) is 0 Å². The fraction of sp³-hybridized carbons (Fsp3) is 0.471. The summed E-state index contributed by atoms with van der Waals surface area (Å²) in [6.45, 7) is 3.51. The Labute approximate surface area is 183 Å².